The van der Waals surface area contributed by atoms with Crippen LogP contribution >= 0.6 is 0 Å². The molecule has 16 heavy (non-hydrogen) atoms. The van der Waals surface area contributed by atoms with Crippen molar-refractivity contribution in [1.82, 2.24) is 5.32 Å². The minimum absolute atomic E-state index is 0.0955. The molecule has 4 heteroatoms. The van der Waals surface area contributed by atoms with Crippen LogP contribution in [0.15, 0.2) is 0 Å². The van der Waals surface area contributed by atoms with Crippen molar-refractivity contribution in [3.63, 3.8) is 0 Å². The molecule has 0 heterocycles. The van der Waals surface area contributed by atoms with E-state index in [1.54, 1.807) is 0 Å². The molecule has 0 atom stereocenters. The van der Waals surface area contributed by atoms with Crippen LogP contribution in [-0.2, 0) is 9.53 Å². The van der Waals surface area contributed by atoms with Crippen LogP contribution in [0.25, 0.3) is 0 Å². The summed E-state index contributed by atoms with van der Waals surface area (Å²) in [4.78, 5) is 11.3. The van der Waals surface area contributed by atoms with E-state index >= 15 is 0 Å². The number of carbonyl (C=O) groups is 1. The van der Waals surface area contributed by atoms with E-state index in [1.165, 1.54) is 0 Å². The van der Waals surface area contributed by atoms with Gasteiger partial charge in [-0.05, 0) is 25.7 Å². The van der Waals surface area contributed by atoms with Gasteiger partial charge in [0, 0.05) is 18.0 Å². The molecule has 1 aliphatic carbocycles. The fourth-order valence-corrected chi connectivity index (χ4v) is 1.42. The second kappa shape index (κ2) is 6.21. The third-order valence-corrected chi connectivity index (χ3v) is 3.21. The summed E-state index contributed by atoms with van der Waals surface area (Å²) < 4.78 is 5.47. The summed E-state index contributed by atoms with van der Waals surface area (Å²) in [5.74, 6) is 0.0955. The van der Waals surface area contributed by atoms with Gasteiger partial charge in [0.25, 0.3) is 0 Å². The van der Waals surface area contributed by atoms with Crippen molar-refractivity contribution in [2.24, 2.45) is 5.73 Å². The molecule has 1 rings (SSSR count). The highest BCUT2D eigenvalue weighted by Gasteiger charge is 2.23. The van der Waals surface area contributed by atoms with Gasteiger partial charge in [0.2, 0.25) is 5.91 Å². The Hall–Kier alpha value is -0.610. The van der Waals surface area contributed by atoms with Gasteiger partial charge in [-0.15, -0.1) is 0 Å². The second-order valence-electron chi connectivity index (χ2n) is 4.71. The van der Waals surface area contributed by atoms with Crippen LogP contribution in [-0.4, -0.2) is 30.7 Å². The molecule has 3 N–H and O–H groups in total. The maximum absolute atomic E-state index is 11.3. The molecule has 0 saturated heterocycles. The Morgan fingerprint density at radius 1 is 1.44 bits per heavy atom. The predicted octanol–water partition coefficient (Wildman–Crippen LogP) is 1.19. The van der Waals surface area contributed by atoms with Gasteiger partial charge in [-0.1, -0.05) is 13.8 Å². The molecule has 1 saturated carbocycles. The van der Waals surface area contributed by atoms with Gasteiger partial charge < -0.3 is 15.8 Å². The van der Waals surface area contributed by atoms with Crippen LogP contribution < -0.4 is 11.1 Å². The number of carbonyl (C=O) groups excluding carboxylic acids is 1. The van der Waals surface area contributed by atoms with E-state index in [9.17, 15) is 4.79 Å². The van der Waals surface area contributed by atoms with Crippen LogP contribution in [0.5, 0.6) is 0 Å². The molecule has 0 unspecified atom stereocenters. The second-order valence-corrected chi connectivity index (χ2v) is 4.71. The number of nitrogens with one attached hydrogen (secondary N) is 1. The zero-order valence-corrected chi connectivity index (χ0v) is 10.4. The van der Waals surface area contributed by atoms with Crippen LogP contribution in [0.1, 0.15) is 46.0 Å². The van der Waals surface area contributed by atoms with Crippen LogP contribution in [0.4, 0.5) is 0 Å². The summed E-state index contributed by atoms with van der Waals surface area (Å²) in [7, 11) is 0. The number of nitrogens with two attached hydrogens (primary N) is 1. The molecule has 0 aliphatic heterocycles. The van der Waals surface area contributed by atoms with Crippen LogP contribution in [0.3, 0.4) is 0 Å². The Bertz CT molecular complexity index is 223. The zero-order valence-electron chi connectivity index (χ0n) is 10.4. The van der Waals surface area contributed by atoms with Gasteiger partial charge in [-0.25, -0.2) is 0 Å². The van der Waals surface area contributed by atoms with E-state index in [-0.39, 0.29) is 11.4 Å². The first kappa shape index (κ1) is 13.5. The summed E-state index contributed by atoms with van der Waals surface area (Å²) in [6.45, 7) is 5.13. The molecule has 1 amide bonds. The largest absolute Gasteiger partial charge is 0.379 e. The lowest BCUT2D eigenvalue weighted by Crippen LogP contribution is -2.43. The van der Waals surface area contributed by atoms with Gasteiger partial charge in [-0.3, -0.25) is 4.79 Å². The quantitative estimate of drug-likeness (QED) is 0.613. The van der Waals surface area contributed by atoms with E-state index in [0.717, 1.165) is 25.7 Å². The van der Waals surface area contributed by atoms with Crippen molar-refractivity contribution in [2.45, 2.75) is 57.5 Å². The highest BCUT2D eigenvalue weighted by atomic mass is 16.5. The van der Waals surface area contributed by atoms with E-state index in [2.05, 4.69) is 19.2 Å². The number of amides is 1. The van der Waals surface area contributed by atoms with Crippen LogP contribution in [0.2, 0.25) is 0 Å². The average Bonchev–Trinajstić information content (AvgIpc) is 3.08. The Kier molecular flexibility index (Phi) is 5.22. The van der Waals surface area contributed by atoms with E-state index in [0.29, 0.717) is 25.7 Å². The molecule has 0 aromatic rings. The lowest BCUT2D eigenvalue weighted by Gasteiger charge is -2.26. The molecule has 0 spiro atoms. The van der Waals surface area contributed by atoms with Crippen molar-refractivity contribution in [2.75, 3.05) is 13.2 Å². The predicted molar refractivity (Wildman–Crippen MR) is 64.1 cm³/mol. The van der Waals surface area contributed by atoms with E-state index < -0.39 is 0 Å². The zero-order chi connectivity index (χ0) is 12.0. The summed E-state index contributed by atoms with van der Waals surface area (Å²) >= 11 is 0. The highest BCUT2D eigenvalue weighted by Crippen LogP contribution is 2.18. The average molecular weight is 228 g/mol. The van der Waals surface area contributed by atoms with Crippen molar-refractivity contribution in [1.29, 1.82) is 0 Å². The molecule has 0 bridgehead atoms. The summed E-state index contributed by atoms with van der Waals surface area (Å²) in [6.07, 6.45) is 4.50. The first-order valence-corrected chi connectivity index (χ1v) is 6.25. The molecule has 94 valence electrons. The molecule has 0 aromatic heterocycles. The maximum Gasteiger partial charge on any atom is 0.222 e. The van der Waals surface area contributed by atoms with Gasteiger partial charge in [0.1, 0.15) is 0 Å². The molecular formula is C12H24N2O2. The Morgan fingerprint density at radius 3 is 2.56 bits per heavy atom. The summed E-state index contributed by atoms with van der Waals surface area (Å²) in [5.41, 5.74) is 5.85. The van der Waals surface area contributed by atoms with Gasteiger partial charge in [0.15, 0.2) is 0 Å². The number of hydrogen-bond acceptors (Lipinski definition) is 3. The Morgan fingerprint density at radius 2 is 2.06 bits per heavy atom. The van der Waals surface area contributed by atoms with Gasteiger partial charge in [0.05, 0.1) is 13.2 Å². The molecule has 4 nitrogen and oxygen atoms in total. The Labute approximate surface area is 97.9 Å². The van der Waals surface area contributed by atoms with E-state index in [4.69, 9.17) is 10.5 Å². The van der Waals surface area contributed by atoms with Crippen molar-refractivity contribution in [3.8, 4) is 0 Å². The first-order chi connectivity index (χ1) is 7.59. The lowest BCUT2D eigenvalue weighted by atomic mass is 9.96. The standard InChI is InChI=1S/C12H24N2O2/c1-3-12(13,4-2)9-16-8-7-11(15)14-10-5-6-10/h10H,3-9,13H2,1-2H3,(H,14,15). The fraction of sp³-hybridized carbons (Fsp3) is 0.917. The van der Waals surface area contributed by atoms with Gasteiger partial charge >= 0.3 is 0 Å². The minimum Gasteiger partial charge on any atom is -0.379 e. The third-order valence-electron chi connectivity index (χ3n) is 3.21. The lowest BCUT2D eigenvalue weighted by molar-refractivity contribution is -0.122. The topological polar surface area (TPSA) is 64.3 Å². The SMILES string of the molecule is CCC(N)(CC)COCCC(=O)NC1CC1. The fourth-order valence-electron chi connectivity index (χ4n) is 1.42. The molecule has 0 aromatic carbocycles. The number of rotatable bonds is 8. The smallest absolute Gasteiger partial charge is 0.222 e. The third kappa shape index (κ3) is 4.94. The molecule has 1 fully saturated rings. The normalized spacial score (nSPS) is 16.2. The number of hydrogen-bond donors (Lipinski definition) is 2. The monoisotopic (exact) mass is 228 g/mol. The molecule has 0 radical (unpaired) electrons. The summed E-state index contributed by atoms with van der Waals surface area (Å²) in [5, 5.41) is 2.93. The van der Waals surface area contributed by atoms with Crippen LogP contribution in [0, 0.1) is 0 Å². The van der Waals surface area contributed by atoms with Crippen molar-refractivity contribution < 1.29 is 9.53 Å². The van der Waals surface area contributed by atoms with Crippen molar-refractivity contribution in [3.05, 3.63) is 0 Å². The minimum atomic E-state index is -0.229. The summed E-state index contributed by atoms with van der Waals surface area (Å²) in [6, 6.07) is 0.437. The van der Waals surface area contributed by atoms with Gasteiger partial charge in [-0.2, -0.15) is 0 Å². The molecular weight excluding hydrogens is 204 g/mol. The molecule has 1 aliphatic rings. The first-order valence-electron chi connectivity index (χ1n) is 6.25. The Balaban J connectivity index is 2.03. The maximum atomic E-state index is 11.3. The van der Waals surface area contributed by atoms with Crippen molar-refractivity contribution >= 4 is 5.91 Å². The highest BCUT2D eigenvalue weighted by molar-refractivity contribution is 5.76. The number of ether oxygens (including phenoxy) is 1. The van der Waals surface area contributed by atoms with E-state index in [1.807, 2.05) is 0 Å².